The minimum absolute atomic E-state index is 0.0250. The third kappa shape index (κ3) is 3.33. The summed E-state index contributed by atoms with van der Waals surface area (Å²) in [6.45, 7) is 1.98. The molecule has 1 atom stereocenters. The molecule has 0 amide bonds. The van der Waals surface area contributed by atoms with Crippen LogP contribution >= 0.6 is 0 Å². The highest BCUT2D eigenvalue weighted by atomic mass is 16.5. The number of aromatic nitrogens is 3. The van der Waals surface area contributed by atoms with Gasteiger partial charge in [-0.25, -0.2) is 9.78 Å². The Hall–Kier alpha value is -2.41. The van der Waals surface area contributed by atoms with Crippen molar-refractivity contribution in [3.63, 3.8) is 0 Å². The Labute approximate surface area is 115 Å². The monoisotopic (exact) mass is 276 g/mol. The average molecular weight is 276 g/mol. The molecule has 0 saturated heterocycles. The molecule has 1 aromatic heterocycles. The van der Waals surface area contributed by atoms with E-state index in [0.29, 0.717) is 12.2 Å². The fourth-order valence-electron chi connectivity index (χ4n) is 1.71. The summed E-state index contributed by atoms with van der Waals surface area (Å²) in [6.07, 6.45) is 0.512. The summed E-state index contributed by atoms with van der Waals surface area (Å²) >= 11 is 0. The van der Waals surface area contributed by atoms with Crippen molar-refractivity contribution in [2.75, 3.05) is 6.61 Å². The first-order valence-electron chi connectivity index (χ1n) is 6.23. The number of carbonyl (C=O) groups excluding carboxylic acids is 1. The molecule has 20 heavy (non-hydrogen) atoms. The van der Waals surface area contributed by atoms with Crippen molar-refractivity contribution in [2.45, 2.75) is 19.4 Å². The zero-order chi connectivity index (χ0) is 14.5. The molecule has 4 N–H and O–H groups in total. The number of aromatic amines is 1. The van der Waals surface area contributed by atoms with Crippen LogP contribution in [0.1, 0.15) is 35.0 Å². The molecule has 0 fully saturated rings. The normalized spacial score (nSPS) is 12.1. The number of nitrogens with two attached hydrogens (primary N) is 1. The van der Waals surface area contributed by atoms with Crippen LogP contribution in [0, 0.1) is 0 Å². The van der Waals surface area contributed by atoms with Gasteiger partial charge in [-0.2, -0.15) is 0 Å². The van der Waals surface area contributed by atoms with Gasteiger partial charge >= 0.3 is 5.97 Å². The maximum Gasteiger partial charge on any atom is 0.378 e. The molecule has 0 unspecified atom stereocenters. The molecule has 0 aliphatic carbocycles. The summed E-state index contributed by atoms with van der Waals surface area (Å²) in [6, 6.07) is 6.31. The van der Waals surface area contributed by atoms with E-state index in [0.717, 1.165) is 5.56 Å². The van der Waals surface area contributed by atoms with Crippen molar-refractivity contribution in [3.8, 4) is 5.75 Å². The van der Waals surface area contributed by atoms with Crippen LogP contribution in [0.25, 0.3) is 0 Å². The van der Waals surface area contributed by atoms with Crippen molar-refractivity contribution in [3.05, 3.63) is 41.5 Å². The highest BCUT2D eigenvalue weighted by molar-refractivity contribution is 5.84. The van der Waals surface area contributed by atoms with Gasteiger partial charge < -0.3 is 15.6 Å². The number of nitrogens with one attached hydrogen (secondary N) is 1. The quantitative estimate of drug-likeness (QED) is 0.700. The van der Waals surface area contributed by atoms with Gasteiger partial charge in [0, 0.05) is 0 Å². The SMILES string of the molecule is CCOC(=O)c1n[nH]c([C@@H](N)Cc2ccc(O)cc2)n1. The Balaban J connectivity index is 2.04. The van der Waals surface area contributed by atoms with Gasteiger partial charge in [-0.3, -0.25) is 5.10 Å². The van der Waals surface area contributed by atoms with Crippen LogP contribution in [0.2, 0.25) is 0 Å². The highest BCUT2D eigenvalue weighted by Gasteiger charge is 2.17. The van der Waals surface area contributed by atoms with Gasteiger partial charge in [0.25, 0.3) is 5.82 Å². The maximum absolute atomic E-state index is 11.4. The van der Waals surface area contributed by atoms with Crippen LogP contribution < -0.4 is 5.73 Å². The largest absolute Gasteiger partial charge is 0.508 e. The number of hydrogen-bond acceptors (Lipinski definition) is 6. The number of ether oxygens (including phenoxy) is 1. The van der Waals surface area contributed by atoms with E-state index in [-0.39, 0.29) is 18.2 Å². The number of benzene rings is 1. The second-order valence-electron chi connectivity index (χ2n) is 4.24. The first kappa shape index (κ1) is 14.0. The van der Waals surface area contributed by atoms with Gasteiger partial charge in [0.1, 0.15) is 11.6 Å². The van der Waals surface area contributed by atoms with Gasteiger partial charge in [0.2, 0.25) is 0 Å². The van der Waals surface area contributed by atoms with Gasteiger partial charge in [-0.05, 0) is 31.0 Å². The fraction of sp³-hybridized carbons (Fsp3) is 0.308. The molecule has 0 aliphatic rings. The third-order valence-electron chi connectivity index (χ3n) is 2.70. The summed E-state index contributed by atoms with van der Waals surface area (Å²) in [4.78, 5) is 15.5. The minimum atomic E-state index is -0.577. The van der Waals surface area contributed by atoms with E-state index in [1.54, 1.807) is 31.2 Å². The molecule has 0 bridgehead atoms. The number of nitrogens with zero attached hydrogens (tertiary/aromatic N) is 2. The predicted molar refractivity (Wildman–Crippen MR) is 71.1 cm³/mol. The van der Waals surface area contributed by atoms with Gasteiger partial charge in [-0.1, -0.05) is 12.1 Å². The Morgan fingerprint density at radius 3 is 2.80 bits per heavy atom. The van der Waals surface area contributed by atoms with Crippen molar-refractivity contribution in [1.82, 2.24) is 15.2 Å². The summed E-state index contributed by atoms with van der Waals surface area (Å²) in [5.41, 5.74) is 6.95. The Kier molecular flexibility index (Phi) is 4.31. The lowest BCUT2D eigenvalue weighted by molar-refractivity contribution is 0.0512. The van der Waals surface area contributed by atoms with E-state index in [4.69, 9.17) is 10.5 Å². The summed E-state index contributed by atoms with van der Waals surface area (Å²) in [5.74, 6) is 0.0163. The number of phenolic OH excluding ortho intramolecular Hbond substituents is 1. The average Bonchev–Trinajstić information content (AvgIpc) is 2.91. The summed E-state index contributed by atoms with van der Waals surface area (Å²) < 4.78 is 4.80. The second kappa shape index (κ2) is 6.16. The molecule has 0 saturated carbocycles. The van der Waals surface area contributed by atoms with E-state index in [1.165, 1.54) is 0 Å². The number of esters is 1. The number of rotatable bonds is 5. The summed E-state index contributed by atoms with van der Waals surface area (Å²) in [7, 11) is 0. The molecular weight excluding hydrogens is 260 g/mol. The zero-order valence-corrected chi connectivity index (χ0v) is 11.0. The fourth-order valence-corrected chi connectivity index (χ4v) is 1.71. The van der Waals surface area contributed by atoms with Gasteiger partial charge in [0.15, 0.2) is 0 Å². The van der Waals surface area contributed by atoms with Crippen LogP contribution in [0.5, 0.6) is 5.75 Å². The van der Waals surface area contributed by atoms with E-state index >= 15 is 0 Å². The molecule has 1 aromatic carbocycles. The number of carbonyl (C=O) groups is 1. The van der Waals surface area contributed by atoms with E-state index in [9.17, 15) is 9.90 Å². The molecule has 7 heteroatoms. The number of aromatic hydroxyl groups is 1. The van der Waals surface area contributed by atoms with Crippen LogP contribution in [0.4, 0.5) is 0 Å². The number of hydrogen-bond donors (Lipinski definition) is 3. The maximum atomic E-state index is 11.4. The Bertz CT molecular complexity index is 580. The van der Waals surface area contributed by atoms with Crippen LogP contribution in [-0.2, 0) is 11.2 Å². The minimum Gasteiger partial charge on any atom is -0.508 e. The van der Waals surface area contributed by atoms with E-state index in [1.807, 2.05) is 0 Å². The van der Waals surface area contributed by atoms with Gasteiger partial charge in [0.05, 0.1) is 12.6 Å². The van der Waals surface area contributed by atoms with Crippen LogP contribution in [0.15, 0.2) is 24.3 Å². The third-order valence-corrected chi connectivity index (χ3v) is 2.70. The Morgan fingerprint density at radius 1 is 1.45 bits per heavy atom. The smallest absolute Gasteiger partial charge is 0.378 e. The molecule has 106 valence electrons. The summed E-state index contributed by atoms with van der Waals surface area (Å²) in [5, 5.41) is 15.6. The van der Waals surface area contributed by atoms with Crippen molar-refractivity contribution in [1.29, 1.82) is 0 Å². The molecule has 2 rings (SSSR count). The zero-order valence-electron chi connectivity index (χ0n) is 11.0. The molecule has 2 aromatic rings. The van der Waals surface area contributed by atoms with Gasteiger partial charge in [-0.15, -0.1) is 5.10 Å². The lowest BCUT2D eigenvalue weighted by Crippen LogP contribution is -2.15. The number of phenols is 1. The van der Waals surface area contributed by atoms with E-state index in [2.05, 4.69) is 15.2 Å². The van der Waals surface area contributed by atoms with Crippen molar-refractivity contribution in [2.24, 2.45) is 5.73 Å². The molecule has 1 heterocycles. The van der Waals surface area contributed by atoms with E-state index < -0.39 is 12.0 Å². The van der Waals surface area contributed by atoms with Crippen molar-refractivity contribution < 1.29 is 14.6 Å². The van der Waals surface area contributed by atoms with Crippen LogP contribution in [-0.4, -0.2) is 32.9 Å². The Morgan fingerprint density at radius 2 is 2.15 bits per heavy atom. The number of H-pyrrole nitrogens is 1. The molecular formula is C13H16N4O3. The lowest BCUT2D eigenvalue weighted by Gasteiger charge is -2.08. The molecule has 7 nitrogen and oxygen atoms in total. The van der Waals surface area contributed by atoms with Crippen molar-refractivity contribution >= 4 is 5.97 Å². The first-order valence-corrected chi connectivity index (χ1v) is 6.23. The van der Waals surface area contributed by atoms with Crippen LogP contribution in [0.3, 0.4) is 0 Å². The topological polar surface area (TPSA) is 114 Å². The molecule has 0 spiro atoms. The standard InChI is InChI=1S/C13H16N4O3/c1-2-20-13(19)12-15-11(16-17-12)10(14)7-8-3-5-9(18)6-4-8/h3-6,10,18H,2,7,14H2,1H3,(H,15,16,17)/t10-/m0/s1. The highest BCUT2D eigenvalue weighted by Crippen LogP contribution is 2.15. The predicted octanol–water partition coefficient (Wildman–Crippen LogP) is 0.929. The lowest BCUT2D eigenvalue weighted by atomic mass is 10.1. The molecule has 0 aliphatic heterocycles. The second-order valence-corrected chi connectivity index (χ2v) is 4.24. The molecule has 0 radical (unpaired) electrons. The first-order chi connectivity index (χ1) is 9.60.